The van der Waals surface area contributed by atoms with Gasteiger partial charge >= 0.3 is 0 Å². The van der Waals surface area contributed by atoms with Crippen molar-refractivity contribution in [1.82, 2.24) is 9.55 Å². The molecule has 3 heteroatoms. The lowest BCUT2D eigenvalue weighted by molar-refractivity contribution is 1.05. The summed E-state index contributed by atoms with van der Waals surface area (Å²) in [5, 5.41) is 0.989. The molecule has 0 atom stereocenters. The lowest BCUT2D eigenvalue weighted by Gasteiger charge is -2.02. The van der Waals surface area contributed by atoms with Crippen LogP contribution in [0.25, 0.3) is 26.8 Å². The predicted molar refractivity (Wildman–Crippen MR) is 92.3 cm³/mol. The second-order valence-electron chi connectivity index (χ2n) is 5.00. The minimum Gasteiger partial charge on any atom is -0.300 e. The van der Waals surface area contributed by atoms with Gasteiger partial charge in [-0.3, -0.25) is 0 Å². The molecule has 4 aromatic rings. The largest absolute Gasteiger partial charge is 0.300 e. The molecule has 0 amide bonds. The standard InChI is InChI=1S/C19H14N2S/c1-3-9-15(10-4-1)17-18(16-11-5-2-6-12-16)22-19(20-17)21-13-7-8-14-21/h1-14H. The van der Waals surface area contributed by atoms with Crippen LogP contribution in [0, 0.1) is 0 Å². The first-order chi connectivity index (χ1) is 10.9. The maximum absolute atomic E-state index is 4.88. The second-order valence-corrected chi connectivity index (χ2v) is 5.97. The first kappa shape index (κ1) is 13.0. The van der Waals surface area contributed by atoms with Gasteiger partial charge in [-0.25, -0.2) is 4.98 Å². The molecule has 0 radical (unpaired) electrons. The van der Waals surface area contributed by atoms with Gasteiger partial charge in [0.25, 0.3) is 0 Å². The van der Waals surface area contributed by atoms with Crippen molar-refractivity contribution in [2.45, 2.75) is 0 Å². The molecule has 0 saturated carbocycles. The molecule has 2 aromatic heterocycles. The maximum atomic E-state index is 4.88. The molecular weight excluding hydrogens is 288 g/mol. The lowest BCUT2D eigenvalue weighted by Crippen LogP contribution is -1.88. The van der Waals surface area contributed by atoms with Crippen molar-refractivity contribution in [2.24, 2.45) is 0 Å². The fraction of sp³-hybridized carbons (Fsp3) is 0. The Morgan fingerprint density at radius 1 is 0.682 bits per heavy atom. The van der Waals surface area contributed by atoms with Crippen LogP contribution in [0.1, 0.15) is 0 Å². The van der Waals surface area contributed by atoms with E-state index >= 15 is 0 Å². The Morgan fingerprint density at radius 3 is 1.91 bits per heavy atom. The van der Waals surface area contributed by atoms with E-state index in [0.29, 0.717) is 0 Å². The Hall–Kier alpha value is -2.65. The van der Waals surface area contributed by atoms with E-state index in [1.165, 1.54) is 10.4 Å². The highest BCUT2D eigenvalue weighted by Gasteiger charge is 2.15. The van der Waals surface area contributed by atoms with Crippen LogP contribution in [-0.2, 0) is 0 Å². The highest BCUT2D eigenvalue weighted by molar-refractivity contribution is 7.18. The Morgan fingerprint density at radius 2 is 1.27 bits per heavy atom. The molecule has 22 heavy (non-hydrogen) atoms. The number of thiazole rings is 1. The fourth-order valence-electron chi connectivity index (χ4n) is 2.46. The van der Waals surface area contributed by atoms with E-state index < -0.39 is 0 Å². The third-order valence-electron chi connectivity index (χ3n) is 3.52. The van der Waals surface area contributed by atoms with E-state index in [-0.39, 0.29) is 0 Å². The molecule has 106 valence electrons. The van der Waals surface area contributed by atoms with Crippen LogP contribution in [-0.4, -0.2) is 9.55 Å². The summed E-state index contributed by atoms with van der Waals surface area (Å²) < 4.78 is 2.06. The molecule has 2 heterocycles. The Labute approximate surface area is 133 Å². The minimum atomic E-state index is 0.989. The monoisotopic (exact) mass is 302 g/mol. The predicted octanol–water partition coefficient (Wildman–Crippen LogP) is 5.27. The van der Waals surface area contributed by atoms with Crippen molar-refractivity contribution < 1.29 is 0 Å². The number of nitrogens with zero attached hydrogens (tertiary/aromatic N) is 2. The molecule has 0 saturated heterocycles. The highest BCUT2D eigenvalue weighted by atomic mass is 32.1. The highest BCUT2D eigenvalue weighted by Crippen LogP contribution is 2.37. The Kier molecular flexibility index (Phi) is 3.33. The van der Waals surface area contributed by atoms with Crippen molar-refractivity contribution in [3.8, 4) is 26.8 Å². The quantitative estimate of drug-likeness (QED) is 0.504. The van der Waals surface area contributed by atoms with Gasteiger partial charge in [0.2, 0.25) is 0 Å². The average Bonchev–Trinajstić information content (AvgIpc) is 3.26. The van der Waals surface area contributed by atoms with E-state index in [0.717, 1.165) is 16.4 Å². The van der Waals surface area contributed by atoms with Crippen LogP contribution >= 0.6 is 11.3 Å². The molecule has 0 aliphatic rings. The first-order valence-electron chi connectivity index (χ1n) is 7.17. The molecule has 0 fully saturated rings. The zero-order valence-electron chi connectivity index (χ0n) is 11.9. The molecule has 0 aliphatic heterocycles. The zero-order valence-corrected chi connectivity index (χ0v) is 12.7. The van der Waals surface area contributed by atoms with Crippen molar-refractivity contribution >= 4 is 11.3 Å². The van der Waals surface area contributed by atoms with Gasteiger partial charge in [-0.05, 0) is 17.7 Å². The molecular formula is C19H14N2S. The SMILES string of the molecule is c1ccc(-c2nc(-n3cccc3)sc2-c2ccccc2)cc1. The average molecular weight is 302 g/mol. The molecule has 0 bridgehead atoms. The lowest BCUT2D eigenvalue weighted by atomic mass is 10.1. The van der Waals surface area contributed by atoms with Crippen molar-refractivity contribution in [3.05, 3.63) is 85.2 Å². The second kappa shape index (κ2) is 5.62. The van der Waals surface area contributed by atoms with E-state index in [1.54, 1.807) is 11.3 Å². The zero-order chi connectivity index (χ0) is 14.8. The number of hydrogen-bond acceptors (Lipinski definition) is 2. The van der Waals surface area contributed by atoms with Crippen molar-refractivity contribution in [1.29, 1.82) is 0 Å². The maximum Gasteiger partial charge on any atom is 0.194 e. The van der Waals surface area contributed by atoms with Gasteiger partial charge in [-0.1, -0.05) is 72.0 Å². The van der Waals surface area contributed by atoms with E-state index in [1.807, 2.05) is 36.7 Å². The van der Waals surface area contributed by atoms with Gasteiger partial charge in [0, 0.05) is 18.0 Å². The summed E-state index contributed by atoms with van der Waals surface area (Å²) in [6.45, 7) is 0. The summed E-state index contributed by atoms with van der Waals surface area (Å²) in [5.74, 6) is 0. The van der Waals surface area contributed by atoms with Crippen molar-refractivity contribution in [2.75, 3.05) is 0 Å². The number of hydrogen-bond donors (Lipinski definition) is 0. The summed E-state index contributed by atoms with van der Waals surface area (Å²) in [5.41, 5.74) is 3.40. The summed E-state index contributed by atoms with van der Waals surface area (Å²) in [4.78, 5) is 6.08. The van der Waals surface area contributed by atoms with Gasteiger partial charge in [0.1, 0.15) is 0 Å². The van der Waals surface area contributed by atoms with E-state index in [2.05, 4.69) is 53.1 Å². The molecule has 2 nitrogen and oxygen atoms in total. The van der Waals surface area contributed by atoms with Crippen LogP contribution in [0.5, 0.6) is 0 Å². The van der Waals surface area contributed by atoms with Crippen LogP contribution in [0.15, 0.2) is 85.2 Å². The summed E-state index contributed by atoms with van der Waals surface area (Å²) in [6.07, 6.45) is 4.06. The van der Waals surface area contributed by atoms with E-state index in [9.17, 15) is 0 Å². The van der Waals surface area contributed by atoms with Crippen LogP contribution in [0.2, 0.25) is 0 Å². The number of rotatable bonds is 3. The van der Waals surface area contributed by atoms with Crippen LogP contribution in [0.3, 0.4) is 0 Å². The first-order valence-corrected chi connectivity index (χ1v) is 7.98. The van der Waals surface area contributed by atoms with E-state index in [4.69, 9.17) is 4.98 Å². The summed E-state index contributed by atoms with van der Waals surface area (Å²) >= 11 is 1.72. The molecule has 0 spiro atoms. The van der Waals surface area contributed by atoms with Crippen LogP contribution in [0.4, 0.5) is 0 Å². The van der Waals surface area contributed by atoms with Gasteiger partial charge in [0.05, 0.1) is 10.6 Å². The van der Waals surface area contributed by atoms with Gasteiger partial charge in [0.15, 0.2) is 5.13 Å². The third kappa shape index (κ3) is 2.36. The van der Waals surface area contributed by atoms with Gasteiger partial charge < -0.3 is 4.57 Å². The Balaban J connectivity index is 1.92. The topological polar surface area (TPSA) is 17.8 Å². The molecule has 4 rings (SSSR count). The normalized spacial score (nSPS) is 10.7. The van der Waals surface area contributed by atoms with Crippen LogP contribution < -0.4 is 0 Å². The fourth-order valence-corrected chi connectivity index (χ4v) is 3.52. The molecule has 2 aromatic carbocycles. The van der Waals surface area contributed by atoms with Gasteiger partial charge in [-0.2, -0.15) is 0 Å². The summed E-state index contributed by atoms with van der Waals surface area (Å²) in [6, 6.07) is 24.9. The van der Waals surface area contributed by atoms with Gasteiger partial charge in [-0.15, -0.1) is 0 Å². The third-order valence-corrected chi connectivity index (χ3v) is 4.64. The minimum absolute atomic E-state index is 0.989. The molecule has 0 N–H and O–H groups in total. The number of benzene rings is 2. The number of aromatic nitrogens is 2. The summed E-state index contributed by atoms with van der Waals surface area (Å²) in [7, 11) is 0. The molecule has 0 unspecified atom stereocenters. The Bertz CT molecular complexity index is 805. The molecule has 0 aliphatic carbocycles. The van der Waals surface area contributed by atoms with Crippen molar-refractivity contribution in [3.63, 3.8) is 0 Å². The smallest absolute Gasteiger partial charge is 0.194 e.